The van der Waals surface area contributed by atoms with E-state index in [2.05, 4.69) is 4.72 Å². The number of nitrogens with zero attached hydrogens (tertiary/aromatic N) is 1. The van der Waals surface area contributed by atoms with E-state index in [1.54, 1.807) is 12.1 Å². The third-order valence-corrected chi connectivity index (χ3v) is 7.81. The standard InChI is InChI=1S/C23H28N2O3S/c1-15-12-17(3)22(13-16(15)2)29(27,28)24-20-9-8-18-10-11-25(21(18)14-20)23(26)19-6-4-5-7-19/h8-9,12-14,19,24H,4-7,10-11H2,1-3H3. The molecule has 0 atom stereocenters. The first kappa shape index (κ1) is 20.0. The van der Waals surface area contributed by atoms with Crippen molar-refractivity contribution in [1.29, 1.82) is 0 Å². The SMILES string of the molecule is Cc1cc(C)c(S(=O)(=O)Nc2ccc3c(c2)N(C(=O)C2CCCC2)CC3)cc1C. The quantitative estimate of drug-likeness (QED) is 0.804. The minimum atomic E-state index is -3.71. The maximum absolute atomic E-state index is 13.0. The minimum absolute atomic E-state index is 0.111. The van der Waals surface area contributed by atoms with Crippen molar-refractivity contribution >= 4 is 27.3 Å². The monoisotopic (exact) mass is 412 g/mol. The Morgan fingerprint density at radius 1 is 1.00 bits per heavy atom. The first-order valence-corrected chi connectivity index (χ1v) is 11.8. The number of rotatable bonds is 4. The molecule has 6 heteroatoms. The van der Waals surface area contributed by atoms with Crippen molar-refractivity contribution in [3.63, 3.8) is 0 Å². The number of carbonyl (C=O) groups is 1. The van der Waals surface area contributed by atoms with Crippen LogP contribution in [0.2, 0.25) is 0 Å². The molecule has 0 aromatic heterocycles. The number of anilines is 2. The maximum atomic E-state index is 13.0. The van der Waals surface area contributed by atoms with Crippen LogP contribution < -0.4 is 9.62 Å². The Morgan fingerprint density at radius 3 is 2.41 bits per heavy atom. The van der Waals surface area contributed by atoms with Crippen LogP contribution in [0, 0.1) is 26.7 Å². The molecular weight excluding hydrogens is 384 g/mol. The largest absolute Gasteiger partial charge is 0.312 e. The first-order valence-electron chi connectivity index (χ1n) is 10.3. The Bertz CT molecular complexity index is 1070. The van der Waals surface area contributed by atoms with E-state index in [1.807, 2.05) is 43.9 Å². The second-order valence-corrected chi connectivity index (χ2v) is 10.0. The number of hydrogen-bond acceptors (Lipinski definition) is 3. The van der Waals surface area contributed by atoms with Crippen molar-refractivity contribution in [3.05, 3.63) is 52.6 Å². The summed E-state index contributed by atoms with van der Waals surface area (Å²) in [4.78, 5) is 15.1. The van der Waals surface area contributed by atoms with Crippen molar-refractivity contribution in [3.8, 4) is 0 Å². The van der Waals surface area contributed by atoms with Crippen LogP contribution in [0.1, 0.15) is 47.9 Å². The summed E-state index contributed by atoms with van der Waals surface area (Å²) in [6.45, 7) is 6.38. The van der Waals surface area contributed by atoms with Crippen LogP contribution in [-0.2, 0) is 21.2 Å². The molecule has 0 unspecified atom stereocenters. The number of amides is 1. The molecule has 5 nitrogen and oxygen atoms in total. The van der Waals surface area contributed by atoms with Gasteiger partial charge in [0.05, 0.1) is 10.6 Å². The molecule has 1 saturated carbocycles. The number of hydrogen-bond donors (Lipinski definition) is 1. The maximum Gasteiger partial charge on any atom is 0.262 e. The Kier molecular flexibility index (Phi) is 5.15. The number of aryl methyl sites for hydroxylation is 3. The molecule has 1 fully saturated rings. The molecule has 154 valence electrons. The van der Waals surface area contributed by atoms with Crippen LogP contribution in [0.3, 0.4) is 0 Å². The molecule has 1 aliphatic carbocycles. The number of sulfonamides is 1. The fourth-order valence-electron chi connectivity index (χ4n) is 4.50. The van der Waals surface area contributed by atoms with Crippen LogP contribution in [0.15, 0.2) is 35.2 Å². The van der Waals surface area contributed by atoms with Gasteiger partial charge in [-0.05, 0) is 80.5 Å². The van der Waals surface area contributed by atoms with Crippen LogP contribution in [0.5, 0.6) is 0 Å². The van der Waals surface area contributed by atoms with Crippen LogP contribution in [0.25, 0.3) is 0 Å². The number of carbonyl (C=O) groups excluding carboxylic acids is 1. The van der Waals surface area contributed by atoms with Crippen LogP contribution in [0.4, 0.5) is 11.4 Å². The van der Waals surface area contributed by atoms with Gasteiger partial charge in [-0.15, -0.1) is 0 Å². The van der Waals surface area contributed by atoms with Crippen molar-refractivity contribution in [2.24, 2.45) is 5.92 Å². The second kappa shape index (κ2) is 7.48. The fourth-order valence-corrected chi connectivity index (χ4v) is 5.86. The highest BCUT2D eigenvalue weighted by atomic mass is 32.2. The van der Waals surface area contributed by atoms with Gasteiger partial charge in [-0.1, -0.05) is 25.0 Å². The van der Waals surface area contributed by atoms with Crippen LogP contribution >= 0.6 is 0 Å². The van der Waals surface area contributed by atoms with E-state index in [4.69, 9.17) is 0 Å². The highest BCUT2D eigenvalue weighted by Gasteiger charge is 2.32. The number of benzene rings is 2. The average molecular weight is 413 g/mol. The third kappa shape index (κ3) is 3.78. The summed E-state index contributed by atoms with van der Waals surface area (Å²) in [5, 5.41) is 0. The van der Waals surface area contributed by atoms with Crippen LogP contribution in [-0.4, -0.2) is 20.9 Å². The molecule has 0 spiro atoms. The van der Waals surface area contributed by atoms with E-state index in [-0.39, 0.29) is 11.8 Å². The lowest BCUT2D eigenvalue weighted by molar-refractivity contribution is -0.122. The molecule has 1 amide bonds. The summed E-state index contributed by atoms with van der Waals surface area (Å²) in [5.74, 6) is 0.297. The van der Waals surface area contributed by atoms with Gasteiger partial charge in [-0.3, -0.25) is 9.52 Å². The van der Waals surface area contributed by atoms with E-state index < -0.39 is 10.0 Å². The molecule has 4 rings (SSSR count). The van der Waals surface area contributed by atoms with Gasteiger partial charge < -0.3 is 4.90 Å². The third-order valence-electron chi connectivity index (χ3n) is 6.28. The first-order chi connectivity index (χ1) is 13.8. The van der Waals surface area contributed by atoms with E-state index in [0.29, 0.717) is 17.1 Å². The highest BCUT2D eigenvalue weighted by Crippen LogP contribution is 2.35. The predicted molar refractivity (Wildman–Crippen MR) is 116 cm³/mol. The number of fused-ring (bicyclic) bond motifs is 1. The Hall–Kier alpha value is -2.34. The van der Waals surface area contributed by atoms with Gasteiger partial charge in [0.25, 0.3) is 10.0 Å². The summed E-state index contributed by atoms with van der Waals surface area (Å²) in [5.41, 5.74) is 5.17. The summed E-state index contributed by atoms with van der Waals surface area (Å²) in [6.07, 6.45) is 4.97. The molecule has 2 aromatic rings. The molecular formula is C23H28N2O3S. The zero-order valence-corrected chi connectivity index (χ0v) is 18.1. The summed E-state index contributed by atoms with van der Waals surface area (Å²) < 4.78 is 28.8. The topological polar surface area (TPSA) is 66.5 Å². The highest BCUT2D eigenvalue weighted by molar-refractivity contribution is 7.92. The van der Waals surface area contributed by atoms with Gasteiger partial charge in [0.15, 0.2) is 0 Å². The van der Waals surface area contributed by atoms with E-state index in [1.165, 1.54) is 0 Å². The number of nitrogens with one attached hydrogen (secondary N) is 1. The zero-order valence-electron chi connectivity index (χ0n) is 17.3. The molecule has 2 aromatic carbocycles. The molecule has 2 aliphatic rings. The van der Waals surface area contributed by atoms with E-state index in [0.717, 1.165) is 60.0 Å². The van der Waals surface area contributed by atoms with Crippen molar-refractivity contribution in [2.75, 3.05) is 16.2 Å². The molecule has 1 N–H and O–H groups in total. The molecule has 0 bridgehead atoms. The lowest BCUT2D eigenvalue weighted by Crippen LogP contribution is -2.33. The Balaban J connectivity index is 1.62. The molecule has 29 heavy (non-hydrogen) atoms. The molecule has 0 radical (unpaired) electrons. The smallest absolute Gasteiger partial charge is 0.262 e. The Labute approximate surface area is 173 Å². The van der Waals surface area contributed by atoms with E-state index in [9.17, 15) is 13.2 Å². The van der Waals surface area contributed by atoms with Gasteiger partial charge in [-0.2, -0.15) is 0 Å². The lowest BCUT2D eigenvalue weighted by atomic mass is 10.1. The molecule has 1 aliphatic heterocycles. The van der Waals surface area contributed by atoms with Gasteiger partial charge in [-0.25, -0.2) is 8.42 Å². The summed E-state index contributed by atoms with van der Waals surface area (Å²) in [7, 11) is -3.71. The normalized spacial score (nSPS) is 16.9. The summed E-state index contributed by atoms with van der Waals surface area (Å²) >= 11 is 0. The lowest BCUT2D eigenvalue weighted by Gasteiger charge is -2.22. The molecule has 0 saturated heterocycles. The average Bonchev–Trinajstić information content (AvgIpc) is 3.33. The Morgan fingerprint density at radius 2 is 1.69 bits per heavy atom. The van der Waals surface area contributed by atoms with Gasteiger partial charge >= 0.3 is 0 Å². The predicted octanol–water partition coefficient (Wildman–Crippen LogP) is 4.49. The van der Waals surface area contributed by atoms with Crippen molar-refractivity contribution in [1.82, 2.24) is 0 Å². The van der Waals surface area contributed by atoms with Crippen molar-refractivity contribution in [2.45, 2.75) is 57.8 Å². The minimum Gasteiger partial charge on any atom is -0.312 e. The second-order valence-electron chi connectivity index (χ2n) is 8.37. The van der Waals surface area contributed by atoms with Gasteiger partial charge in [0.2, 0.25) is 5.91 Å². The van der Waals surface area contributed by atoms with Gasteiger partial charge in [0.1, 0.15) is 0 Å². The fraction of sp³-hybridized carbons (Fsp3) is 0.435. The molecule has 1 heterocycles. The zero-order chi connectivity index (χ0) is 20.8. The van der Waals surface area contributed by atoms with E-state index >= 15 is 0 Å². The van der Waals surface area contributed by atoms with Crippen molar-refractivity contribution < 1.29 is 13.2 Å². The van der Waals surface area contributed by atoms with Gasteiger partial charge in [0, 0.05) is 18.2 Å². The summed E-state index contributed by atoms with van der Waals surface area (Å²) in [6, 6.07) is 9.15.